The number of benzene rings is 1. The number of aliphatic hydroxyl groups excluding tert-OH is 1. The number of amides is 1. The quantitative estimate of drug-likeness (QED) is 0.886. The number of alkyl halides is 2. The molecule has 1 saturated carbocycles. The number of halogens is 2. The predicted molar refractivity (Wildman–Crippen MR) is 84.5 cm³/mol. The molecule has 1 aromatic rings. The summed E-state index contributed by atoms with van der Waals surface area (Å²) >= 11 is 0. The van der Waals surface area contributed by atoms with Gasteiger partial charge in [0, 0.05) is 13.1 Å². The molecule has 24 heavy (non-hydrogen) atoms. The second-order valence-corrected chi connectivity index (χ2v) is 6.94. The molecule has 1 atom stereocenters. The third kappa shape index (κ3) is 2.93. The summed E-state index contributed by atoms with van der Waals surface area (Å²) in [6.07, 6.45) is 0.737. The minimum atomic E-state index is -3.73. The van der Waals surface area contributed by atoms with Gasteiger partial charge >= 0.3 is 5.92 Å². The monoisotopic (exact) mass is 339 g/mol. The van der Waals surface area contributed by atoms with Gasteiger partial charge in [0.1, 0.15) is 5.60 Å². The maximum Gasteiger partial charge on any atom is 0.352 e. The van der Waals surface area contributed by atoms with E-state index in [0.29, 0.717) is 19.3 Å². The van der Waals surface area contributed by atoms with Crippen LogP contribution in [0.15, 0.2) is 30.3 Å². The molecule has 1 amide bonds. The lowest BCUT2D eigenvalue weighted by atomic mass is 9.74. The van der Waals surface area contributed by atoms with Gasteiger partial charge in [0.2, 0.25) is 0 Å². The van der Waals surface area contributed by atoms with Crippen LogP contribution in [0.1, 0.15) is 43.8 Å². The first kappa shape index (κ1) is 17.3. The molecule has 0 spiro atoms. The summed E-state index contributed by atoms with van der Waals surface area (Å²) in [5.74, 6) is -5.06. The first-order valence-electron chi connectivity index (χ1n) is 8.48. The number of hydrogen-bond donors (Lipinski definition) is 2. The number of likely N-dealkylation sites (tertiary alicyclic amines) is 1. The van der Waals surface area contributed by atoms with E-state index in [4.69, 9.17) is 0 Å². The Morgan fingerprint density at radius 2 is 1.79 bits per heavy atom. The summed E-state index contributed by atoms with van der Waals surface area (Å²) in [6, 6.07) is 9.23. The average molecular weight is 339 g/mol. The van der Waals surface area contributed by atoms with Crippen molar-refractivity contribution >= 4 is 5.91 Å². The fourth-order valence-electron chi connectivity index (χ4n) is 3.56. The van der Waals surface area contributed by atoms with Gasteiger partial charge in [-0.3, -0.25) is 4.79 Å². The molecule has 2 N–H and O–H groups in total. The van der Waals surface area contributed by atoms with E-state index in [2.05, 4.69) is 0 Å². The highest BCUT2D eigenvalue weighted by Gasteiger charge is 2.62. The lowest BCUT2D eigenvalue weighted by molar-refractivity contribution is -0.224. The maximum atomic E-state index is 14.3. The summed E-state index contributed by atoms with van der Waals surface area (Å²) in [6.45, 7) is 0.359. The zero-order valence-electron chi connectivity index (χ0n) is 13.5. The standard InChI is InChI=1S/C18H23F2NO3/c19-18(20,17(24)9-4-10-17)16(23)21-11-7-14(8-12-21)15(22)13-5-2-1-3-6-13/h1-3,5-6,14-15,22,24H,4,7-12H2. The Balaban J connectivity index is 1.60. The van der Waals surface area contributed by atoms with Crippen LogP contribution in [0.3, 0.4) is 0 Å². The highest BCUT2D eigenvalue weighted by molar-refractivity contribution is 5.85. The fourth-order valence-corrected chi connectivity index (χ4v) is 3.56. The summed E-state index contributed by atoms with van der Waals surface area (Å²) < 4.78 is 28.5. The molecule has 1 aromatic carbocycles. The van der Waals surface area contributed by atoms with Gasteiger partial charge in [-0.05, 0) is 43.6 Å². The number of aliphatic hydroxyl groups is 2. The molecule has 6 heteroatoms. The van der Waals surface area contributed by atoms with Crippen LogP contribution < -0.4 is 0 Å². The number of carbonyl (C=O) groups excluding carboxylic acids is 1. The average Bonchev–Trinajstić information content (AvgIpc) is 2.59. The third-order valence-electron chi connectivity index (χ3n) is 5.45. The van der Waals surface area contributed by atoms with Crippen molar-refractivity contribution in [2.45, 2.75) is 49.7 Å². The zero-order chi connectivity index (χ0) is 17.4. The van der Waals surface area contributed by atoms with Crippen molar-refractivity contribution in [2.24, 2.45) is 5.92 Å². The van der Waals surface area contributed by atoms with E-state index in [-0.39, 0.29) is 31.8 Å². The Morgan fingerprint density at radius 3 is 2.29 bits per heavy atom. The van der Waals surface area contributed by atoms with Crippen LogP contribution in [0, 0.1) is 5.92 Å². The molecular weight excluding hydrogens is 316 g/mol. The molecule has 0 aromatic heterocycles. The maximum absolute atomic E-state index is 14.3. The van der Waals surface area contributed by atoms with Crippen molar-refractivity contribution in [3.63, 3.8) is 0 Å². The van der Waals surface area contributed by atoms with Crippen molar-refractivity contribution in [1.82, 2.24) is 4.90 Å². The molecule has 1 heterocycles. The molecule has 2 fully saturated rings. The number of piperidine rings is 1. The number of carbonyl (C=O) groups is 1. The minimum Gasteiger partial charge on any atom is -0.388 e. The van der Waals surface area contributed by atoms with E-state index in [0.717, 1.165) is 10.5 Å². The van der Waals surface area contributed by atoms with Gasteiger partial charge in [-0.15, -0.1) is 0 Å². The summed E-state index contributed by atoms with van der Waals surface area (Å²) in [5.41, 5.74) is -1.37. The Bertz CT molecular complexity index is 581. The SMILES string of the molecule is O=C(N1CCC(C(O)c2ccccc2)CC1)C(F)(F)C1(O)CCC1. The first-order valence-corrected chi connectivity index (χ1v) is 8.48. The van der Waals surface area contributed by atoms with E-state index in [1.54, 1.807) is 0 Å². The zero-order valence-corrected chi connectivity index (χ0v) is 13.5. The van der Waals surface area contributed by atoms with Crippen molar-refractivity contribution in [2.75, 3.05) is 13.1 Å². The van der Waals surface area contributed by atoms with E-state index in [1.165, 1.54) is 0 Å². The van der Waals surface area contributed by atoms with Crippen LogP contribution in [0.5, 0.6) is 0 Å². The number of rotatable bonds is 4. The third-order valence-corrected chi connectivity index (χ3v) is 5.45. The van der Waals surface area contributed by atoms with E-state index < -0.39 is 23.5 Å². The van der Waals surface area contributed by atoms with Gasteiger partial charge in [0.25, 0.3) is 5.91 Å². The second kappa shape index (κ2) is 6.41. The van der Waals surface area contributed by atoms with Crippen LogP contribution in [0.2, 0.25) is 0 Å². The Labute approximate surface area is 140 Å². The number of hydrogen-bond acceptors (Lipinski definition) is 3. The van der Waals surface area contributed by atoms with E-state index >= 15 is 0 Å². The lowest BCUT2D eigenvalue weighted by Crippen LogP contribution is -2.62. The van der Waals surface area contributed by atoms with Crippen molar-refractivity contribution in [3.05, 3.63) is 35.9 Å². The first-order chi connectivity index (χ1) is 11.3. The van der Waals surface area contributed by atoms with Gasteiger partial charge < -0.3 is 15.1 Å². The molecule has 1 saturated heterocycles. The normalized spacial score (nSPS) is 22.8. The van der Waals surface area contributed by atoms with Crippen LogP contribution in [-0.4, -0.2) is 45.6 Å². The Morgan fingerprint density at radius 1 is 1.21 bits per heavy atom. The smallest absolute Gasteiger partial charge is 0.352 e. The van der Waals surface area contributed by atoms with Crippen LogP contribution >= 0.6 is 0 Å². The molecule has 2 aliphatic rings. The van der Waals surface area contributed by atoms with Crippen molar-refractivity contribution < 1.29 is 23.8 Å². The molecule has 4 nitrogen and oxygen atoms in total. The van der Waals surface area contributed by atoms with Gasteiger partial charge in [-0.2, -0.15) is 8.78 Å². The molecule has 0 radical (unpaired) electrons. The van der Waals surface area contributed by atoms with E-state index in [1.807, 2.05) is 30.3 Å². The molecule has 3 rings (SSSR count). The fraction of sp³-hybridized carbons (Fsp3) is 0.611. The van der Waals surface area contributed by atoms with Crippen LogP contribution in [0.4, 0.5) is 8.78 Å². The molecule has 1 aliphatic heterocycles. The van der Waals surface area contributed by atoms with Gasteiger partial charge in [-0.1, -0.05) is 30.3 Å². The van der Waals surface area contributed by atoms with Gasteiger partial charge in [0.05, 0.1) is 6.10 Å². The summed E-state index contributed by atoms with van der Waals surface area (Å²) in [5, 5.41) is 20.3. The largest absolute Gasteiger partial charge is 0.388 e. The molecule has 1 aliphatic carbocycles. The van der Waals surface area contributed by atoms with Gasteiger partial charge in [-0.25, -0.2) is 0 Å². The highest BCUT2D eigenvalue weighted by Crippen LogP contribution is 2.45. The van der Waals surface area contributed by atoms with Crippen LogP contribution in [0.25, 0.3) is 0 Å². The highest BCUT2D eigenvalue weighted by atomic mass is 19.3. The Kier molecular flexibility index (Phi) is 4.62. The second-order valence-electron chi connectivity index (χ2n) is 6.94. The molecule has 1 unspecified atom stereocenters. The molecule has 132 valence electrons. The summed E-state index contributed by atoms with van der Waals surface area (Å²) in [7, 11) is 0. The van der Waals surface area contributed by atoms with E-state index in [9.17, 15) is 23.8 Å². The molecular formula is C18H23F2NO3. The topological polar surface area (TPSA) is 60.8 Å². The number of nitrogens with zero attached hydrogens (tertiary/aromatic N) is 1. The van der Waals surface area contributed by atoms with Crippen molar-refractivity contribution in [1.29, 1.82) is 0 Å². The van der Waals surface area contributed by atoms with Crippen LogP contribution in [-0.2, 0) is 4.79 Å². The predicted octanol–water partition coefficient (Wildman–Crippen LogP) is 2.51. The lowest BCUT2D eigenvalue weighted by Gasteiger charge is -2.44. The summed E-state index contributed by atoms with van der Waals surface area (Å²) in [4.78, 5) is 13.3. The van der Waals surface area contributed by atoms with Crippen molar-refractivity contribution in [3.8, 4) is 0 Å². The minimum absolute atomic E-state index is 0.0328. The van der Waals surface area contributed by atoms with Gasteiger partial charge in [0.15, 0.2) is 0 Å². The Hall–Kier alpha value is -1.53. The molecule has 0 bridgehead atoms.